The Bertz CT molecular complexity index is 662. The molecular formula is C21H30N2O. The van der Waals surface area contributed by atoms with E-state index in [1.54, 1.807) is 0 Å². The van der Waals surface area contributed by atoms with Crippen LogP contribution in [0.25, 0.3) is 10.8 Å². The van der Waals surface area contributed by atoms with Crippen LogP contribution in [-0.4, -0.2) is 37.7 Å². The van der Waals surface area contributed by atoms with Gasteiger partial charge in [0.05, 0.1) is 6.61 Å². The summed E-state index contributed by atoms with van der Waals surface area (Å²) in [4.78, 5) is 2.64. The van der Waals surface area contributed by atoms with Crippen LogP contribution in [0.2, 0.25) is 0 Å². The number of hydrogen-bond donors (Lipinski definition) is 1. The molecule has 1 N–H and O–H groups in total. The Morgan fingerprint density at radius 3 is 2.54 bits per heavy atom. The minimum atomic E-state index is 0.416. The third-order valence-electron chi connectivity index (χ3n) is 4.85. The molecule has 0 aliphatic carbocycles. The van der Waals surface area contributed by atoms with Gasteiger partial charge in [-0.05, 0) is 36.1 Å². The number of nitrogens with zero attached hydrogens (tertiary/aromatic N) is 1. The van der Waals surface area contributed by atoms with Gasteiger partial charge in [-0.1, -0.05) is 44.2 Å². The molecule has 3 heteroatoms. The maximum absolute atomic E-state index is 6.06. The number of ether oxygens (including phenoxy) is 1. The largest absolute Gasteiger partial charge is 0.494 e. The summed E-state index contributed by atoms with van der Waals surface area (Å²) in [6.07, 6.45) is 1.16. The van der Waals surface area contributed by atoms with Gasteiger partial charge in [0.2, 0.25) is 0 Å². The Hall–Kier alpha value is -1.58. The third-order valence-corrected chi connectivity index (χ3v) is 4.85. The Morgan fingerprint density at radius 1 is 1.08 bits per heavy atom. The summed E-state index contributed by atoms with van der Waals surface area (Å²) in [5.41, 5.74) is 1.38. The van der Waals surface area contributed by atoms with E-state index in [9.17, 15) is 0 Å². The van der Waals surface area contributed by atoms with Crippen LogP contribution in [0, 0.1) is 5.92 Å². The van der Waals surface area contributed by atoms with E-state index in [2.05, 4.69) is 67.4 Å². The molecular weight excluding hydrogens is 296 g/mol. The van der Waals surface area contributed by atoms with Gasteiger partial charge < -0.3 is 10.1 Å². The van der Waals surface area contributed by atoms with Crippen molar-refractivity contribution in [2.75, 3.05) is 32.8 Å². The maximum Gasteiger partial charge on any atom is 0.124 e. The van der Waals surface area contributed by atoms with Crippen LogP contribution in [0.15, 0.2) is 36.4 Å². The lowest BCUT2D eigenvalue weighted by atomic mass is 9.90. The number of fused-ring (bicyclic) bond motifs is 1. The summed E-state index contributed by atoms with van der Waals surface area (Å²) < 4.78 is 6.06. The fourth-order valence-electron chi connectivity index (χ4n) is 3.79. The average molecular weight is 326 g/mol. The van der Waals surface area contributed by atoms with E-state index in [-0.39, 0.29) is 0 Å². The van der Waals surface area contributed by atoms with Crippen molar-refractivity contribution in [2.45, 2.75) is 33.2 Å². The van der Waals surface area contributed by atoms with E-state index in [4.69, 9.17) is 4.74 Å². The van der Waals surface area contributed by atoms with Crippen molar-refractivity contribution in [2.24, 2.45) is 5.92 Å². The molecule has 0 saturated carbocycles. The Morgan fingerprint density at radius 2 is 1.83 bits per heavy atom. The van der Waals surface area contributed by atoms with Crippen molar-refractivity contribution < 1.29 is 4.74 Å². The standard InChI is InChI=1S/C21H30N2O/c1-4-24-20-10-9-17-7-5-6-8-18(17)21(20)19(15-16(2)3)23-13-11-22-12-14-23/h5-10,16,19,22H,4,11-15H2,1-3H3/t19-/m0/s1. The van der Waals surface area contributed by atoms with Crippen LogP contribution in [0.3, 0.4) is 0 Å². The van der Waals surface area contributed by atoms with Crippen LogP contribution >= 0.6 is 0 Å². The number of rotatable bonds is 6. The van der Waals surface area contributed by atoms with E-state index in [1.807, 2.05) is 0 Å². The molecule has 1 saturated heterocycles. The zero-order valence-corrected chi connectivity index (χ0v) is 15.2. The van der Waals surface area contributed by atoms with Crippen molar-refractivity contribution in [3.8, 4) is 5.75 Å². The molecule has 0 aromatic heterocycles. The molecule has 1 aliphatic heterocycles. The van der Waals surface area contributed by atoms with Crippen LogP contribution in [-0.2, 0) is 0 Å². The van der Waals surface area contributed by atoms with E-state index in [1.165, 1.54) is 16.3 Å². The van der Waals surface area contributed by atoms with Crippen LogP contribution in [0.4, 0.5) is 0 Å². The van der Waals surface area contributed by atoms with E-state index >= 15 is 0 Å². The van der Waals surface area contributed by atoms with Crippen LogP contribution < -0.4 is 10.1 Å². The van der Waals surface area contributed by atoms with E-state index in [0.29, 0.717) is 18.6 Å². The zero-order chi connectivity index (χ0) is 16.9. The molecule has 24 heavy (non-hydrogen) atoms. The molecule has 1 atom stereocenters. The van der Waals surface area contributed by atoms with Crippen molar-refractivity contribution >= 4 is 10.8 Å². The predicted molar refractivity (Wildman–Crippen MR) is 102 cm³/mol. The summed E-state index contributed by atoms with van der Waals surface area (Å²) in [6.45, 7) is 11.8. The highest BCUT2D eigenvalue weighted by atomic mass is 16.5. The first-order chi connectivity index (χ1) is 11.7. The minimum Gasteiger partial charge on any atom is -0.494 e. The van der Waals surface area contributed by atoms with Gasteiger partial charge in [-0.2, -0.15) is 0 Å². The average Bonchev–Trinajstić information content (AvgIpc) is 2.61. The molecule has 1 fully saturated rings. The normalized spacial score (nSPS) is 17.3. The van der Waals surface area contributed by atoms with Gasteiger partial charge in [0.15, 0.2) is 0 Å². The highest BCUT2D eigenvalue weighted by Gasteiger charge is 2.27. The lowest BCUT2D eigenvalue weighted by Gasteiger charge is -2.37. The topological polar surface area (TPSA) is 24.5 Å². The molecule has 3 rings (SSSR count). The van der Waals surface area contributed by atoms with Gasteiger partial charge >= 0.3 is 0 Å². The molecule has 0 bridgehead atoms. The molecule has 0 unspecified atom stereocenters. The molecule has 0 radical (unpaired) electrons. The second-order valence-electron chi connectivity index (χ2n) is 7.06. The molecule has 0 amide bonds. The van der Waals surface area contributed by atoms with Gasteiger partial charge in [0.1, 0.15) is 5.75 Å². The van der Waals surface area contributed by atoms with Crippen molar-refractivity contribution in [3.63, 3.8) is 0 Å². The molecule has 3 nitrogen and oxygen atoms in total. The minimum absolute atomic E-state index is 0.416. The smallest absolute Gasteiger partial charge is 0.124 e. The van der Waals surface area contributed by atoms with Gasteiger partial charge in [0.25, 0.3) is 0 Å². The highest BCUT2D eigenvalue weighted by molar-refractivity contribution is 5.88. The van der Waals surface area contributed by atoms with Gasteiger partial charge in [-0.25, -0.2) is 0 Å². The van der Waals surface area contributed by atoms with Crippen molar-refractivity contribution in [1.82, 2.24) is 10.2 Å². The van der Waals surface area contributed by atoms with E-state index < -0.39 is 0 Å². The summed E-state index contributed by atoms with van der Waals surface area (Å²) in [5.74, 6) is 1.71. The fraction of sp³-hybridized carbons (Fsp3) is 0.524. The summed E-state index contributed by atoms with van der Waals surface area (Å²) in [5, 5.41) is 6.12. The molecule has 1 aliphatic rings. The summed E-state index contributed by atoms with van der Waals surface area (Å²) in [7, 11) is 0. The SMILES string of the molecule is CCOc1ccc2ccccc2c1[C@H](CC(C)C)N1CCNCC1. The number of nitrogens with one attached hydrogen (secondary N) is 1. The van der Waals surface area contributed by atoms with E-state index in [0.717, 1.165) is 38.3 Å². The lowest BCUT2D eigenvalue weighted by Crippen LogP contribution is -2.45. The van der Waals surface area contributed by atoms with Crippen molar-refractivity contribution in [1.29, 1.82) is 0 Å². The van der Waals surface area contributed by atoms with Gasteiger partial charge in [0, 0.05) is 37.8 Å². The maximum atomic E-state index is 6.06. The number of hydrogen-bond acceptors (Lipinski definition) is 3. The quantitative estimate of drug-likeness (QED) is 0.860. The fourth-order valence-corrected chi connectivity index (χ4v) is 3.79. The Kier molecular flexibility index (Phi) is 5.75. The van der Waals surface area contributed by atoms with Crippen LogP contribution in [0.5, 0.6) is 5.75 Å². The monoisotopic (exact) mass is 326 g/mol. The molecule has 2 aromatic carbocycles. The summed E-state index contributed by atoms with van der Waals surface area (Å²) >= 11 is 0. The lowest BCUT2D eigenvalue weighted by molar-refractivity contribution is 0.151. The Balaban J connectivity index is 2.11. The second kappa shape index (κ2) is 8.00. The number of benzene rings is 2. The van der Waals surface area contributed by atoms with Gasteiger partial charge in [-0.15, -0.1) is 0 Å². The second-order valence-corrected chi connectivity index (χ2v) is 7.06. The molecule has 2 aromatic rings. The first-order valence-corrected chi connectivity index (χ1v) is 9.30. The predicted octanol–water partition coefficient (Wildman–Crippen LogP) is 4.23. The first kappa shape index (κ1) is 17.2. The zero-order valence-electron chi connectivity index (χ0n) is 15.2. The van der Waals surface area contributed by atoms with Crippen LogP contribution in [0.1, 0.15) is 38.8 Å². The number of piperazine rings is 1. The molecule has 1 heterocycles. The Labute approximate surface area is 146 Å². The first-order valence-electron chi connectivity index (χ1n) is 9.30. The summed E-state index contributed by atoms with van der Waals surface area (Å²) in [6, 6.07) is 13.5. The third kappa shape index (κ3) is 3.73. The van der Waals surface area contributed by atoms with Crippen molar-refractivity contribution in [3.05, 3.63) is 42.0 Å². The molecule has 130 valence electrons. The highest BCUT2D eigenvalue weighted by Crippen LogP contribution is 2.39. The molecule has 0 spiro atoms. The van der Waals surface area contributed by atoms with Gasteiger partial charge in [-0.3, -0.25) is 4.90 Å².